The molecule has 6 aliphatic rings. The third-order valence-electron chi connectivity index (χ3n) is 9.68. The summed E-state index contributed by atoms with van der Waals surface area (Å²) in [5, 5.41) is 3.71. The Kier molecular flexibility index (Phi) is 12.5. The number of benzene rings is 1. The monoisotopic (exact) mass is 554 g/mol. The number of piperazine rings is 2. The van der Waals surface area contributed by atoms with Gasteiger partial charge >= 0.3 is 0 Å². The van der Waals surface area contributed by atoms with Gasteiger partial charge in [0.25, 0.3) is 0 Å². The summed E-state index contributed by atoms with van der Waals surface area (Å²) in [5.41, 5.74) is 2.92. The summed E-state index contributed by atoms with van der Waals surface area (Å²) in [6.07, 6.45) is 3.85. The summed E-state index contributed by atoms with van der Waals surface area (Å²) in [4.78, 5) is 18.6. The molecule has 4 bridgehead atoms. The van der Waals surface area contributed by atoms with E-state index in [1.54, 1.807) is 0 Å². The van der Waals surface area contributed by atoms with Crippen molar-refractivity contribution < 1.29 is 0 Å². The number of fused-ring (bicyclic) bond motifs is 21. The number of likely N-dealkylation sites (N-methyl/N-ethyl adjacent to an activating group) is 1. The highest BCUT2D eigenvalue weighted by atomic mass is 15.3. The van der Waals surface area contributed by atoms with E-state index in [9.17, 15) is 0 Å². The molecular weight excluding hydrogens is 496 g/mol. The van der Waals surface area contributed by atoms with Crippen molar-refractivity contribution in [2.75, 3.05) is 138 Å². The summed E-state index contributed by atoms with van der Waals surface area (Å²) in [6.45, 7) is 26.4. The first-order valence-corrected chi connectivity index (χ1v) is 16.5. The largest absolute Gasteiger partial charge is 0.314 e. The second-order valence-electron chi connectivity index (χ2n) is 12.8. The molecule has 6 aliphatic heterocycles. The molecule has 8 nitrogen and oxygen atoms in total. The van der Waals surface area contributed by atoms with Gasteiger partial charge in [-0.25, -0.2) is 0 Å². The molecule has 0 amide bonds. The second-order valence-corrected chi connectivity index (χ2v) is 12.8. The van der Waals surface area contributed by atoms with E-state index in [-0.39, 0.29) is 0 Å². The normalized spacial score (nSPS) is 31.6. The molecule has 8 heteroatoms. The highest BCUT2D eigenvalue weighted by Gasteiger charge is 2.19. The minimum absolute atomic E-state index is 1.07. The molecule has 40 heavy (non-hydrogen) atoms. The molecule has 7 rings (SSSR count). The lowest BCUT2D eigenvalue weighted by molar-refractivity contribution is 0.115. The van der Waals surface area contributed by atoms with Crippen LogP contribution in [0, 0.1) is 0 Å². The maximum atomic E-state index is 3.71. The first-order valence-electron chi connectivity index (χ1n) is 16.5. The molecule has 0 spiro atoms. The van der Waals surface area contributed by atoms with Crippen LogP contribution < -0.4 is 5.32 Å². The smallest absolute Gasteiger partial charge is 0.0234 e. The summed E-state index contributed by atoms with van der Waals surface area (Å²) < 4.78 is 0. The van der Waals surface area contributed by atoms with E-state index in [2.05, 4.69) is 70.9 Å². The van der Waals surface area contributed by atoms with Crippen molar-refractivity contribution in [3.8, 4) is 0 Å². The van der Waals surface area contributed by atoms with Gasteiger partial charge in [-0.05, 0) is 76.7 Å². The zero-order valence-electron chi connectivity index (χ0n) is 25.6. The van der Waals surface area contributed by atoms with Gasteiger partial charge < -0.3 is 24.9 Å². The van der Waals surface area contributed by atoms with E-state index in [1.165, 1.54) is 135 Å². The fraction of sp³-hybridized carbons (Fsp3) is 0.812. The van der Waals surface area contributed by atoms with Gasteiger partial charge in [-0.1, -0.05) is 24.3 Å². The van der Waals surface area contributed by atoms with Crippen molar-refractivity contribution in [3.05, 3.63) is 35.4 Å². The fourth-order valence-corrected chi connectivity index (χ4v) is 6.90. The third kappa shape index (κ3) is 10.3. The minimum atomic E-state index is 1.07. The number of nitrogens with zero attached hydrogens (tertiary/aromatic N) is 7. The molecule has 6 saturated heterocycles. The van der Waals surface area contributed by atoms with Crippen molar-refractivity contribution in [3.63, 3.8) is 0 Å². The average molecular weight is 555 g/mol. The number of hydrogen-bond donors (Lipinski definition) is 1. The van der Waals surface area contributed by atoms with Crippen molar-refractivity contribution in [2.45, 2.75) is 32.4 Å². The van der Waals surface area contributed by atoms with Gasteiger partial charge in [0.2, 0.25) is 0 Å². The van der Waals surface area contributed by atoms with Crippen LogP contribution >= 0.6 is 0 Å². The first-order chi connectivity index (χ1) is 19.7. The van der Waals surface area contributed by atoms with Gasteiger partial charge in [-0.15, -0.1) is 0 Å². The van der Waals surface area contributed by atoms with Gasteiger partial charge in [0.15, 0.2) is 0 Å². The zero-order valence-corrected chi connectivity index (χ0v) is 25.6. The Hall–Kier alpha value is -1.10. The molecule has 0 radical (unpaired) electrons. The Balaban J connectivity index is 1.11. The van der Waals surface area contributed by atoms with Gasteiger partial charge in [0.1, 0.15) is 0 Å². The van der Waals surface area contributed by atoms with Crippen LogP contribution in [0.4, 0.5) is 0 Å². The molecule has 0 unspecified atom stereocenters. The highest BCUT2D eigenvalue weighted by molar-refractivity contribution is 5.22. The number of hydrogen-bond acceptors (Lipinski definition) is 8. The highest BCUT2D eigenvalue weighted by Crippen LogP contribution is 2.13. The molecule has 1 aromatic carbocycles. The lowest BCUT2D eigenvalue weighted by Crippen LogP contribution is -2.48. The molecular formula is C32H58N8. The molecule has 0 aromatic heterocycles. The van der Waals surface area contributed by atoms with Crippen molar-refractivity contribution in [2.24, 2.45) is 0 Å². The van der Waals surface area contributed by atoms with Crippen LogP contribution in [0.2, 0.25) is 0 Å². The Labute approximate surface area is 245 Å². The van der Waals surface area contributed by atoms with E-state index < -0.39 is 0 Å². The third-order valence-corrected chi connectivity index (χ3v) is 9.68. The lowest BCUT2D eigenvalue weighted by atomic mass is 10.1. The quantitative estimate of drug-likeness (QED) is 0.596. The predicted octanol–water partition coefficient (Wildman–Crippen LogP) is 1.24. The molecule has 0 aliphatic carbocycles. The van der Waals surface area contributed by atoms with E-state index in [1.807, 2.05) is 0 Å². The fourth-order valence-electron chi connectivity index (χ4n) is 6.90. The molecule has 226 valence electrons. The standard InChI is InChI=1S/C32H58N8/c1-34-11-2-12-35-21-23-36(24-22-35)14-4-16-40(20-19-34)30-32-7-5-31(6-8-32)29-39-15-3-13-37-25-27-38(28-26-37)17-9-33-10-18-39/h5-8,33H,2-4,9-30H2,1H3. The van der Waals surface area contributed by atoms with Crippen molar-refractivity contribution in [1.82, 2.24) is 39.6 Å². The van der Waals surface area contributed by atoms with Crippen LogP contribution in [0.15, 0.2) is 24.3 Å². The van der Waals surface area contributed by atoms with Crippen molar-refractivity contribution >= 4 is 0 Å². The summed E-state index contributed by atoms with van der Waals surface area (Å²) >= 11 is 0. The van der Waals surface area contributed by atoms with Crippen LogP contribution in [0.25, 0.3) is 0 Å². The van der Waals surface area contributed by atoms with Crippen LogP contribution in [0.5, 0.6) is 0 Å². The zero-order chi connectivity index (χ0) is 27.4. The summed E-state index contributed by atoms with van der Waals surface area (Å²) in [5.74, 6) is 0. The Morgan fingerprint density at radius 2 is 0.875 bits per heavy atom. The SMILES string of the molecule is CN1CCCN2CCN(CCCN(Cc3ccc(CN4CCCN5CCN(CCNCC4)CC5)cc3)CC1)CC2. The number of nitrogens with one attached hydrogen (secondary N) is 1. The van der Waals surface area contributed by atoms with E-state index in [4.69, 9.17) is 0 Å². The van der Waals surface area contributed by atoms with Crippen molar-refractivity contribution in [1.29, 1.82) is 0 Å². The Morgan fingerprint density at radius 1 is 0.450 bits per heavy atom. The number of rotatable bonds is 4. The lowest BCUT2D eigenvalue weighted by Gasteiger charge is -2.36. The first kappa shape index (κ1) is 30.4. The predicted molar refractivity (Wildman–Crippen MR) is 167 cm³/mol. The molecule has 1 aromatic rings. The van der Waals surface area contributed by atoms with Gasteiger partial charge in [-0.2, -0.15) is 0 Å². The van der Waals surface area contributed by atoms with Crippen LogP contribution in [0.1, 0.15) is 30.4 Å². The van der Waals surface area contributed by atoms with Gasteiger partial charge in [0.05, 0.1) is 0 Å². The second kappa shape index (κ2) is 16.5. The Bertz CT molecular complexity index is 819. The maximum absolute atomic E-state index is 3.71. The molecule has 0 atom stereocenters. The van der Waals surface area contributed by atoms with Crippen LogP contribution in [-0.4, -0.2) is 172 Å². The van der Waals surface area contributed by atoms with E-state index in [0.29, 0.717) is 0 Å². The van der Waals surface area contributed by atoms with Gasteiger partial charge in [-0.3, -0.25) is 14.7 Å². The average Bonchev–Trinajstić information content (AvgIpc) is 3.00. The summed E-state index contributed by atoms with van der Waals surface area (Å²) in [7, 11) is 2.31. The molecule has 6 fully saturated rings. The topological polar surface area (TPSA) is 34.7 Å². The molecule has 6 heterocycles. The summed E-state index contributed by atoms with van der Waals surface area (Å²) in [6, 6.07) is 9.61. The molecule has 0 saturated carbocycles. The Morgan fingerprint density at radius 3 is 1.40 bits per heavy atom. The van der Waals surface area contributed by atoms with Crippen LogP contribution in [-0.2, 0) is 13.1 Å². The maximum Gasteiger partial charge on any atom is 0.0234 e. The van der Waals surface area contributed by atoms with Crippen LogP contribution in [0.3, 0.4) is 0 Å². The van der Waals surface area contributed by atoms with E-state index in [0.717, 1.165) is 39.3 Å². The minimum Gasteiger partial charge on any atom is -0.314 e. The van der Waals surface area contributed by atoms with E-state index >= 15 is 0 Å². The molecule has 1 N–H and O–H groups in total. The van der Waals surface area contributed by atoms with Gasteiger partial charge in [0, 0.05) is 105 Å².